The van der Waals surface area contributed by atoms with Gasteiger partial charge in [0.1, 0.15) is 23.4 Å². The first kappa shape index (κ1) is 19.0. The molecule has 0 N–H and O–H groups in total. The number of hydrogen-bond acceptors (Lipinski definition) is 5. The molecule has 0 radical (unpaired) electrons. The lowest BCUT2D eigenvalue weighted by molar-refractivity contribution is 0.0710. The van der Waals surface area contributed by atoms with E-state index in [4.69, 9.17) is 9.26 Å². The molecule has 0 saturated carbocycles. The first-order chi connectivity index (χ1) is 14.1. The largest absolute Gasteiger partial charge is 0.494 e. The van der Waals surface area contributed by atoms with Crippen molar-refractivity contribution in [3.05, 3.63) is 65.6 Å². The predicted molar refractivity (Wildman–Crippen MR) is 100 cm³/mol. The third-order valence-corrected chi connectivity index (χ3v) is 4.82. The maximum atomic E-state index is 14.0. The molecule has 1 atom stereocenters. The Labute approximate surface area is 166 Å². The van der Waals surface area contributed by atoms with Crippen LogP contribution in [0.4, 0.5) is 8.78 Å². The van der Waals surface area contributed by atoms with Crippen molar-refractivity contribution in [3.8, 4) is 17.1 Å². The summed E-state index contributed by atoms with van der Waals surface area (Å²) in [4.78, 5) is 18.9. The molecule has 0 spiro atoms. The summed E-state index contributed by atoms with van der Waals surface area (Å²) in [6.07, 6.45) is 1.45. The summed E-state index contributed by atoms with van der Waals surface area (Å²) < 4.78 is 37.9. The van der Waals surface area contributed by atoms with Crippen LogP contribution in [0.15, 0.2) is 47.0 Å². The molecule has 4 rings (SSSR count). The van der Waals surface area contributed by atoms with E-state index in [9.17, 15) is 13.6 Å². The van der Waals surface area contributed by atoms with Crippen molar-refractivity contribution in [1.29, 1.82) is 0 Å². The molecule has 0 unspecified atom stereocenters. The Hall–Kier alpha value is -3.29. The van der Waals surface area contributed by atoms with Gasteiger partial charge in [0.05, 0.1) is 12.2 Å². The molecule has 1 aromatic heterocycles. The monoisotopic (exact) mass is 399 g/mol. The average molecular weight is 399 g/mol. The molecule has 2 aromatic carbocycles. The second kappa shape index (κ2) is 7.98. The second-order valence-corrected chi connectivity index (χ2v) is 6.69. The number of carbonyl (C=O) groups excluding carboxylic acids is 1. The fraction of sp³-hybridized carbons (Fsp3) is 0.286. The zero-order chi connectivity index (χ0) is 20.4. The summed E-state index contributed by atoms with van der Waals surface area (Å²) in [5, 5.41) is 3.82. The fourth-order valence-electron chi connectivity index (χ4n) is 3.44. The summed E-state index contributed by atoms with van der Waals surface area (Å²) >= 11 is 0. The van der Waals surface area contributed by atoms with Gasteiger partial charge in [0.2, 0.25) is 11.7 Å². The number of benzene rings is 2. The van der Waals surface area contributed by atoms with E-state index in [0.717, 1.165) is 18.6 Å². The Morgan fingerprint density at radius 1 is 1.24 bits per heavy atom. The van der Waals surface area contributed by atoms with Crippen LogP contribution in [0.3, 0.4) is 0 Å². The lowest BCUT2D eigenvalue weighted by atomic mass is 10.1. The molecule has 1 aliphatic rings. The van der Waals surface area contributed by atoms with Gasteiger partial charge in [-0.3, -0.25) is 4.79 Å². The number of aromatic nitrogens is 2. The van der Waals surface area contributed by atoms with Gasteiger partial charge in [-0.1, -0.05) is 5.16 Å². The van der Waals surface area contributed by atoms with E-state index in [1.165, 1.54) is 6.07 Å². The van der Waals surface area contributed by atoms with Crippen LogP contribution >= 0.6 is 0 Å². The first-order valence-corrected chi connectivity index (χ1v) is 9.39. The van der Waals surface area contributed by atoms with Gasteiger partial charge in [-0.05, 0) is 56.2 Å². The zero-order valence-electron chi connectivity index (χ0n) is 15.8. The molecule has 29 heavy (non-hydrogen) atoms. The molecular weight excluding hydrogens is 380 g/mol. The van der Waals surface area contributed by atoms with Crippen LogP contribution in [0.5, 0.6) is 5.75 Å². The van der Waals surface area contributed by atoms with Crippen LogP contribution in [0.25, 0.3) is 11.4 Å². The number of halogens is 2. The molecular formula is C21H19F2N3O3. The highest BCUT2D eigenvalue weighted by molar-refractivity contribution is 5.94. The highest BCUT2D eigenvalue weighted by atomic mass is 19.1. The van der Waals surface area contributed by atoms with Crippen LogP contribution in [0.1, 0.15) is 42.1 Å². The summed E-state index contributed by atoms with van der Waals surface area (Å²) in [7, 11) is 0. The van der Waals surface area contributed by atoms with Crippen molar-refractivity contribution < 1.29 is 22.8 Å². The number of likely N-dealkylation sites (tertiary alicyclic amines) is 1. The van der Waals surface area contributed by atoms with E-state index in [2.05, 4.69) is 10.1 Å². The third kappa shape index (κ3) is 3.83. The van der Waals surface area contributed by atoms with Crippen LogP contribution < -0.4 is 4.74 Å². The number of ether oxygens (including phenoxy) is 1. The Morgan fingerprint density at radius 2 is 2.03 bits per heavy atom. The standard InChI is InChI=1S/C21H19F2N3O3/c1-2-28-15-8-5-13(6-9-15)21(27)26-11-3-4-18(26)20-24-19(25-29-20)16-10-7-14(22)12-17(16)23/h5-10,12,18H,2-4,11H2,1H3/t18-/m0/s1. The molecule has 1 saturated heterocycles. The average Bonchev–Trinajstić information content (AvgIpc) is 3.38. The number of hydrogen-bond donors (Lipinski definition) is 0. The highest BCUT2D eigenvalue weighted by Gasteiger charge is 2.34. The molecule has 1 amide bonds. The van der Waals surface area contributed by atoms with Gasteiger partial charge in [0.15, 0.2) is 0 Å². The van der Waals surface area contributed by atoms with E-state index in [1.807, 2.05) is 6.92 Å². The van der Waals surface area contributed by atoms with E-state index in [-0.39, 0.29) is 29.2 Å². The summed E-state index contributed by atoms with van der Waals surface area (Å²) in [6.45, 7) is 3.00. The van der Waals surface area contributed by atoms with Crippen molar-refractivity contribution in [2.45, 2.75) is 25.8 Å². The van der Waals surface area contributed by atoms with E-state index in [0.29, 0.717) is 30.9 Å². The molecule has 6 nitrogen and oxygen atoms in total. The second-order valence-electron chi connectivity index (χ2n) is 6.69. The molecule has 0 aliphatic carbocycles. The van der Waals surface area contributed by atoms with Crippen LogP contribution in [-0.4, -0.2) is 34.1 Å². The molecule has 1 aliphatic heterocycles. The first-order valence-electron chi connectivity index (χ1n) is 9.39. The van der Waals surface area contributed by atoms with Gasteiger partial charge in [-0.15, -0.1) is 0 Å². The Balaban J connectivity index is 1.55. The van der Waals surface area contributed by atoms with E-state index >= 15 is 0 Å². The summed E-state index contributed by atoms with van der Waals surface area (Å²) in [5.41, 5.74) is 0.577. The molecule has 0 bridgehead atoms. The van der Waals surface area contributed by atoms with Crippen LogP contribution in [0, 0.1) is 11.6 Å². The SMILES string of the molecule is CCOc1ccc(C(=O)N2CCC[C@H]2c2nc(-c3ccc(F)cc3F)no2)cc1. The minimum atomic E-state index is -0.772. The Morgan fingerprint density at radius 3 is 2.76 bits per heavy atom. The molecule has 3 aromatic rings. The van der Waals surface area contributed by atoms with Crippen LogP contribution in [0.2, 0.25) is 0 Å². The number of nitrogens with zero attached hydrogens (tertiary/aromatic N) is 3. The smallest absolute Gasteiger partial charge is 0.254 e. The van der Waals surface area contributed by atoms with Crippen molar-refractivity contribution in [2.24, 2.45) is 0 Å². The van der Waals surface area contributed by atoms with Crippen molar-refractivity contribution in [1.82, 2.24) is 15.0 Å². The van der Waals surface area contributed by atoms with Crippen molar-refractivity contribution in [2.75, 3.05) is 13.2 Å². The normalized spacial score (nSPS) is 16.2. The highest BCUT2D eigenvalue weighted by Crippen LogP contribution is 2.33. The number of carbonyl (C=O) groups is 1. The Kier molecular flexibility index (Phi) is 5.24. The molecule has 1 fully saturated rings. The van der Waals surface area contributed by atoms with Gasteiger partial charge in [0.25, 0.3) is 5.91 Å². The lowest BCUT2D eigenvalue weighted by Gasteiger charge is -2.22. The number of amides is 1. The summed E-state index contributed by atoms with van der Waals surface area (Å²) in [6, 6.07) is 9.71. The fourth-order valence-corrected chi connectivity index (χ4v) is 3.44. The van der Waals surface area contributed by atoms with Gasteiger partial charge < -0.3 is 14.2 Å². The number of rotatable bonds is 5. The van der Waals surface area contributed by atoms with Gasteiger partial charge in [-0.2, -0.15) is 4.98 Å². The van der Waals surface area contributed by atoms with E-state index in [1.54, 1.807) is 29.2 Å². The third-order valence-electron chi connectivity index (χ3n) is 4.82. The van der Waals surface area contributed by atoms with Gasteiger partial charge in [-0.25, -0.2) is 8.78 Å². The minimum absolute atomic E-state index is 0.0258. The van der Waals surface area contributed by atoms with E-state index < -0.39 is 11.6 Å². The van der Waals surface area contributed by atoms with Gasteiger partial charge in [0, 0.05) is 18.2 Å². The molecule has 150 valence electrons. The lowest BCUT2D eigenvalue weighted by Crippen LogP contribution is -2.30. The summed E-state index contributed by atoms with van der Waals surface area (Å²) in [5.74, 6) is -0.643. The molecule has 2 heterocycles. The minimum Gasteiger partial charge on any atom is -0.494 e. The zero-order valence-corrected chi connectivity index (χ0v) is 15.8. The maximum Gasteiger partial charge on any atom is 0.254 e. The Bertz CT molecular complexity index is 1020. The van der Waals surface area contributed by atoms with Crippen LogP contribution in [-0.2, 0) is 0 Å². The quantitative estimate of drug-likeness (QED) is 0.636. The maximum absolute atomic E-state index is 14.0. The predicted octanol–water partition coefficient (Wildman–Crippen LogP) is 4.39. The van der Waals surface area contributed by atoms with Gasteiger partial charge >= 0.3 is 0 Å². The van der Waals surface area contributed by atoms with Crippen molar-refractivity contribution >= 4 is 5.91 Å². The van der Waals surface area contributed by atoms with Crippen molar-refractivity contribution in [3.63, 3.8) is 0 Å². The molecule has 8 heteroatoms. The topological polar surface area (TPSA) is 68.5 Å².